The standard InChI is InChI=1S/C22H21ClF3N3/c23-19-7-6-15(22(24,25)26)14-18(19)21(29-12-3-9-27-11-13-29)17-8-10-28-20-5-2-1-4-16(17)20/h1-2,4-8,10,14,21,27H,3,9,11-13H2. The Morgan fingerprint density at radius 3 is 2.66 bits per heavy atom. The summed E-state index contributed by atoms with van der Waals surface area (Å²) in [5.74, 6) is 0. The number of para-hydroxylation sites is 1. The van der Waals surface area contributed by atoms with Gasteiger partial charge in [0.15, 0.2) is 0 Å². The molecule has 1 aromatic heterocycles. The van der Waals surface area contributed by atoms with E-state index in [2.05, 4.69) is 15.2 Å². The van der Waals surface area contributed by atoms with Crippen LogP contribution in [-0.2, 0) is 6.18 Å². The predicted octanol–water partition coefficient (Wildman–Crippen LogP) is 5.29. The third kappa shape index (κ3) is 4.25. The summed E-state index contributed by atoms with van der Waals surface area (Å²) in [6.07, 6.45) is -1.80. The lowest BCUT2D eigenvalue weighted by Gasteiger charge is -2.33. The lowest BCUT2D eigenvalue weighted by molar-refractivity contribution is -0.137. The SMILES string of the molecule is FC(F)(F)c1ccc(Cl)c(C(c2ccnc3ccccc23)N2CCCNCC2)c1. The zero-order valence-corrected chi connectivity index (χ0v) is 16.5. The second-order valence-corrected chi connectivity index (χ2v) is 7.60. The molecule has 0 bridgehead atoms. The van der Waals surface area contributed by atoms with Crippen LogP contribution in [0, 0.1) is 0 Å². The number of pyridine rings is 1. The van der Waals surface area contributed by atoms with Crippen molar-refractivity contribution in [2.24, 2.45) is 0 Å². The number of fused-ring (bicyclic) bond motifs is 1. The summed E-state index contributed by atoms with van der Waals surface area (Å²) in [6, 6.07) is 12.8. The van der Waals surface area contributed by atoms with E-state index >= 15 is 0 Å². The fraction of sp³-hybridized carbons (Fsp3) is 0.318. The van der Waals surface area contributed by atoms with Gasteiger partial charge < -0.3 is 5.32 Å². The van der Waals surface area contributed by atoms with E-state index in [0.29, 0.717) is 17.1 Å². The summed E-state index contributed by atoms with van der Waals surface area (Å²) in [5.41, 5.74) is 1.51. The fourth-order valence-electron chi connectivity index (χ4n) is 3.97. The summed E-state index contributed by atoms with van der Waals surface area (Å²) >= 11 is 6.48. The summed E-state index contributed by atoms with van der Waals surface area (Å²) in [7, 11) is 0. The smallest absolute Gasteiger partial charge is 0.315 e. The number of nitrogens with zero attached hydrogens (tertiary/aromatic N) is 2. The third-order valence-electron chi connectivity index (χ3n) is 5.34. The lowest BCUT2D eigenvalue weighted by atomic mass is 9.92. The van der Waals surface area contributed by atoms with Crippen LogP contribution in [0.25, 0.3) is 10.9 Å². The molecular formula is C22H21ClF3N3. The van der Waals surface area contributed by atoms with Gasteiger partial charge in [0, 0.05) is 36.2 Å². The predicted molar refractivity (Wildman–Crippen MR) is 109 cm³/mol. The Kier molecular flexibility index (Phi) is 5.76. The van der Waals surface area contributed by atoms with Crippen LogP contribution in [0.4, 0.5) is 13.2 Å². The molecule has 1 saturated heterocycles. The number of alkyl halides is 3. The molecule has 1 fully saturated rings. The van der Waals surface area contributed by atoms with E-state index in [4.69, 9.17) is 11.6 Å². The molecule has 0 radical (unpaired) electrons. The first-order valence-corrected chi connectivity index (χ1v) is 9.98. The fourth-order valence-corrected chi connectivity index (χ4v) is 4.19. The Morgan fingerprint density at radius 2 is 1.83 bits per heavy atom. The monoisotopic (exact) mass is 419 g/mol. The molecule has 3 aromatic rings. The molecule has 7 heteroatoms. The van der Waals surface area contributed by atoms with Crippen LogP contribution < -0.4 is 5.32 Å². The van der Waals surface area contributed by atoms with E-state index in [1.807, 2.05) is 30.3 Å². The normalized spacial score (nSPS) is 17.2. The Morgan fingerprint density at radius 1 is 1.00 bits per heavy atom. The number of hydrogen-bond donors (Lipinski definition) is 1. The molecule has 1 aliphatic heterocycles. The van der Waals surface area contributed by atoms with Gasteiger partial charge in [0.2, 0.25) is 0 Å². The maximum absolute atomic E-state index is 13.4. The van der Waals surface area contributed by atoms with Crippen LogP contribution in [0.5, 0.6) is 0 Å². The van der Waals surface area contributed by atoms with E-state index < -0.39 is 17.8 Å². The molecule has 152 valence electrons. The molecule has 1 aliphatic rings. The van der Waals surface area contributed by atoms with E-state index in [1.165, 1.54) is 12.1 Å². The van der Waals surface area contributed by atoms with Crippen molar-refractivity contribution in [1.29, 1.82) is 0 Å². The third-order valence-corrected chi connectivity index (χ3v) is 5.68. The largest absolute Gasteiger partial charge is 0.416 e. The van der Waals surface area contributed by atoms with Crippen LogP contribution in [-0.4, -0.2) is 36.1 Å². The highest BCUT2D eigenvalue weighted by Gasteiger charge is 2.33. The molecule has 1 N–H and O–H groups in total. The van der Waals surface area contributed by atoms with Crippen LogP contribution in [0.2, 0.25) is 5.02 Å². The maximum Gasteiger partial charge on any atom is 0.416 e. The number of nitrogens with one attached hydrogen (secondary N) is 1. The van der Waals surface area contributed by atoms with E-state index in [0.717, 1.165) is 48.6 Å². The van der Waals surface area contributed by atoms with Gasteiger partial charge in [0.25, 0.3) is 0 Å². The molecule has 1 unspecified atom stereocenters. The number of halogens is 4. The van der Waals surface area contributed by atoms with Crippen LogP contribution >= 0.6 is 11.6 Å². The van der Waals surface area contributed by atoms with E-state index in [9.17, 15) is 13.2 Å². The topological polar surface area (TPSA) is 28.2 Å². The molecule has 0 aliphatic carbocycles. The second kappa shape index (κ2) is 8.30. The Labute approximate surface area is 172 Å². The average Bonchev–Trinajstić information content (AvgIpc) is 2.98. The van der Waals surface area contributed by atoms with Gasteiger partial charge in [-0.25, -0.2) is 0 Å². The van der Waals surface area contributed by atoms with Gasteiger partial charge in [0.05, 0.1) is 17.1 Å². The highest BCUT2D eigenvalue weighted by molar-refractivity contribution is 6.31. The van der Waals surface area contributed by atoms with Crippen LogP contribution in [0.3, 0.4) is 0 Å². The van der Waals surface area contributed by atoms with Crippen LogP contribution in [0.15, 0.2) is 54.7 Å². The van der Waals surface area contributed by atoms with Crippen molar-refractivity contribution in [1.82, 2.24) is 15.2 Å². The first-order valence-electron chi connectivity index (χ1n) is 9.60. The lowest BCUT2D eigenvalue weighted by Crippen LogP contribution is -2.33. The van der Waals surface area contributed by atoms with Crippen molar-refractivity contribution >= 4 is 22.5 Å². The molecule has 3 nitrogen and oxygen atoms in total. The maximum atomic E-state index is 13.4. The minimum Gasteiger partial charge on any atom is -0.315 e. The van der Waals surface area contributed by atoms with E-state index in [1.54, 1.807) is 6.20 Å². The Balaban J connectivity index is 1.92. The summed E-state index contributed by atoms with van der Waals surface area (Å²) in [4.78, 5) is 6.63. The van der Waals surface area contributed by atoms with Crippen molar-refractivity contribution in [3.8, 4) is 0 Å². The summed E-state index contributed by atoms with van der Waals surface area (Å²) < 4.78 is 40.3. The number of benzene rings is 2. The molecular weight excluding hydrogens is 399 g/mol. The number of hydrogen-bond acceptors (Lipinski definition) is 3. The van der Waals surface area contributed by atoms with E-state index in [-0.39, 0.29) is 0 Å². The van der Waals surface area contributed by atoms with Gasteiger partial charge in [-0.2, -0.15) is 13.2 Å². The first kappa shape index (κ1) is 20.1. The Hall–Kier alpha value is -2.15. The highest BCUT2D eigenvalue weighted by Crippen LogP contribution is 2.40. The zero-order valence-electron chi connectivity index (χ0n) is 15.7. The molecule has 0 spiro atoms. The quantitative estimate of drug-likeness (QED) is 0.625. The van der Waals surface area contributed by atoms with Crippen LogP contribution in [0.1, 0.15) is 29.2 Å². The number of aromatic nitrogens is 1. The molecule has 4 rings (SSSR count). The van der Waals surface area contributed by atoms with Crippen molar-refractivity contribution in [2.45, 2.75) is 18.6 Å². The molecule has 1 atom stereocenters. The van der Waals surface area contributed by atoms with Gasteiger partial charge >= 0.3 is 6.18 Å². The number of rotatable bonds is 3. The second-order valence-electron chi connectivity index (χ2n) is 7.19. The van der Waals surface area contributed by atoms with Gasteiger partial charge in [0.1, 0.15) is 0 Å². The summed E-state index contributed by atoms with van der Waals surface area (Å²) in [6.45, 7) is 3.14. The van der Waals surface area contributed by atoms with Crippen molar-refractivity contribution in [3.63, 3.8) is 0 Å². The Bertz CT molecular complexity index is 993. The highest BCUT2D eigenvalue weighted by atomic mass is 35.5. The first-order chi connectivity index (χ1) is 13.9. The molecule has 29 heavy (non-hydrogen) atoms. The van der Waals surface area contributed by atoms with Crippen molar-refractivity contribution in [3.05, 3.63) is 76.4 Å². The summed E-state index contributed by atoms with van der Waals surface area (Å²) in [5, 5.41) is 4.61. The van der Waals surface area contributed by atoms with Gasteiger partial charge in [-0.05, 0) is 54.4 Å². The minimum absolute atomic E-state index is 0.334. The average molecular weight is 420 g/mol. The van der Waals surface area contributed by atoms with Crippen molar-refractivity contribution in [2.75, 3.05) is 26.2 Å². The van der Waals surface area contributed by atoms with Gasteiger partial charge in [-0.1, -0.05) is 29.8 Å². The van der Waals surface area contributed by atoms with Crippen molar-refractivity contribution < 1.29 is 13.2 Å². The van der Waals surface area contributed by atoms with Gasteiger partial charge in [-0.3, -0.25) is 9.88 Å². The molecule has 0 saturated carbocycles. The molecule has 0 amide bonds. The molecule has 2 aromatic carbocycles. The van der Waals surface area contributed by atoms with Gasteiger partial charge in [-0.15, -0.1) is 0 Å². The zero-order chi connectivity index (χ0) is 20.4. The minimum atomic E-state index is -4.43. The molecule has 2 heterocycles.